The summed E-state index contributed by atoms with van der Waals surface area (Å²) >= 11 is 3.30. The van der Waals surface area contributed by atoms with Gasteiger partial charge in [0.15, 0.2) is 0 Å². The van der Waals surface area contributed by atoms with Crippen molar-refractivity contribution in [2.45, 2.75) is 44.6 Å². The van der Waals surface area contributed by atoms with Gasteiger partial charge in [-0.15, -0.1) is 0 Å². The third-order valence-corrected chi connectivity index (χ3v) is 4.39. The highest BCUT2D eigenvalue weighted by molar-refractivity contribution is 9.10. The van der Waals surface area contributed by atoms with Crippen LogP contribution in [0, 0.1) is 10.1 Å². The van der Waals surface area contributed by atoms with Gasteiger partial charge in [-0.1, -0.05) is 25.7 Å². The molecule has 0 unspecified atom stereocenters. The monoisotopic (exact) mass is 356 g/mol. The van der Waals surface area contributed by atoms with Crippen molar-refractivity contribution in [3.05, 3.63) is 27.0 Å². The van der Waals surface area contributed by atoms with Crippen LogP contribution in [-0.4, -0.2) is 29.0 Å². The molecule has 0 saturated heterocycles. The first-order valence-corrected chi connectivity index (χ1v) is 8.23. The van der Waals surface area contributed by atoms with Crippen molar-refractivity contribution >= 4 is 27.3 Å². The van der Waals surface area contributed by atoms with Crippen molar-refractivity contribution < 1.29 is 4.92 Å². The molecule has 0 spiro atoms. The fourth-order valence-electron chi connectivity index (χ4n) is 2.69. The summed E-state index contributed by atoms with van der Waals surface area (Å²) in [6.07, 6.45) is 10.6. The van der Waals surface area contributed by atoms with Crippen LogP contribution in [0.3, 0.4) is 0 Å². The van der Waals surface area contributed by atoms with E-state index in [1.807, 2.05) is 0 Å². The topological polar surface area (TPSA) is 80.1 Å². The summed E-state index contributed by atoms with van der Waals surface area (Å²) in [6.45, 7) is 1.45. The molecule has 2 N–H and O–H groups in total. The molecule has 2 rings (SSSR count). The second kappa shape index (κ2) is 8.29. The summed E-state index contributed by atoms with van der Waals surface area (Å²) < 4.78 is 0.617. The van der Waals surface area contributed by atoms with E-state index in [1.165, 1.54) is 44.7 Å². The van der Waals surface area contributed by atoms with Crippen LogP contribution >= 0.6 is 15.9 Å². The molecule has 116 valence electrons. The van der Waals surface area contributed by atoms with Crippen LogP contribution in [0.1, 0.15) is 38.5 Å². The second-order valence-electron chi connectivity index (χ2n) is 5.34. The zero-order chi connectivity index (χ0) is 15.1. The zero-order valence-electron chi connectivity index (χ0n) is 12.0. The first-order chi connectivity index (χ1) is 10.2. The van der Waals surface area contributed by atoms with Gasteiger partial charge in [-0.3, -0.25) is 15.1 Å². The van der Waals surface area contributed by atoms with Gasteiger partial charge >= 0.3 is 5.69 Å². The largest absolute Gasteiger partial charge is 0.377 e. The van der Waals surface area contributed by atoms with Gasteiger partial charge in [0.05, 0.1) is 9.40 Å². The van der Waals surface area contributed by atoms with E-state index in [2.05, 4.69) is 31.5 Å². The van der Waals surface area contributed by atoms with Crippen LogP contribution < -0.4 is 10.6 Å². The lowest BCUT2D eigenvalue weighted by molar-refractivity contribution is -0.384. The van der Waals surface area contributed by atoms with Crippen LogP contribution in [0.15, 0.2) is 16.9 Å². The number of pyridine rings is 1. The first kappa shape index (κ1) is 16.2. The van der Waals surface area contributed by atoms with Gasteiger partial charge in [-0.2, -0.15) is 0 Å². The van der Waals surface area contributed by atoms with Gasteiger partial charge < -0.3 is 10.6 Å². The van der Waals surface area contributed by atoms with Crippen molar-refractivity contribution in [2.24, 2.45) is 0 Å². The maximum atomic E-state index is 11.0. The molecular formula is C14H21BrN4O2. The molecule has 0 bridgehead atoms. The Morgan fingerprint density at radius 3 is 2.62 bits per heavy atom. The summed E-state index contributed by atoms with van der Waals surface area (Å²) in [4.78, 5) is 14.4. The lowest BCUT2D eigenvalue weighted by Gasteiger charge is -2.16. The molecule has 1 aromatic heterocycles. The number of halogens is 1. The lowest BCUT2D eigenvalue weighted by Crippen LogP contribution is -2.32. The molecular weight excluding hydrogens is 336 g/mol. The summed E-state index contributed by atoms with van der Waals surface area (Å²) in [7, 11) is 0. The Labute approximate surface area is 133 Å². The van der Waals surface area contributed by atoms with E-state index in [4.69, 9.17) is 0 Å². The SMILES string of the molecule is O=[N+]([O-])c1cncc(Br)c1NCCNC1CCCCCC1. The quantitative estimate of drug-likeness (QED) is 0.353. The Hall–Kier alpha value is -1.21. The molecule has 1 aliphatic rings. The molecule has 0 aliphatic heterocycles. The fourth-order valence-corrected chi connectivity index (χ4v) is 3.15. The number of anilines is 1. The third kappa shape index (κ3) is 4.93. The molecule has 1 fully saturated rings. The fraction of sp³-hybridized carbons (Fsp3) is 0.643. The van der Waals surface area contributed by atoms with Crippen LogP contribution in [0.5, 0.6) is 0 Å². The smallest absolute Gasteiger partial charge is 0.311 e. The Balaban J connectivity index is 1.82. The zero-order valence-corrected chi connectivity index (χ0v) is 13.6. The molecule has 1 heterocycles. The Kier molecular flexibility index (Phi) is 6.38. The Morgan fingerprint density at radius 2 is 1.95 bits per heavy atom. The van der Waals surface area contributed by atoms with Gasteiger partial charge in [-0.25, -0.2) is 0 Å². The van der Waals surface area contributed by atoms with E-state index < -0.39 is 4.92 Å². The number of nitrogens with one attached hydrogen (secondary N) is 2. The van der Waals surface area contributed by atoms with E-state index in [1.54, 1.807) is 6.20 Å². The van der Waals surface area contributed by atoms with Gasteiger partial charge in [0.25, 0.3) is 0 Å². The minimum Gasteiger partial charge on any atom is -0.377 e. The Morgan fingerprint density at radius 1 is 1.24 bits per heavy atom. The van der Waals surface area contributed by atoms with Crippen molar-refractivity contribution in [3.63, 3.8) is 0 Å². The number of nitrogens with zero attached hydrogens (tertiary/aromatic N) is 2. The maximum absolute atomic E-state index is 11.0. The average molecular weight is 357 g/mol. The Bertz CT molecular complexity index is 476. The van der Waals surface area contributed by atoms with Crippen molar-refractivity contribution in [2.75, 3.05) is 18.4 Å². The van der Waals surface area contributed by atoms with Gasteiger partial charge in [0, 0.05) is 25.3 Å². The second-order valence-corrected chi connectivity index (χ2v) is 6.20. The molecule has 1 aromatic rings. The number of nitro groups is 1. The van der Waals surface area contributed by atoms with Gasteiger partial charge in [0.2, 0.25) is 0 Å². The predicted octanol–water partition coefficient (Wildman–Crippen LogP) is 3.48. The summed E-state index contributed by atoms with van der Waals surface area (Å²) in [6, 6.07) is 0.588. The molecule has 7 heteroatoms. The molecule has 0 aromatic carbocycles. The molecule has 0 amide bonds. The normalized spacial score (nSPS) is 16.4. The van der Waals surface area contributed by atoms with Gasteiger partial charge in [-0.05, 0) is 28.8 Å². The van der Waals surface area contributed by atoms with Crippen LogP contribution in [0.25, 0.3) is 0 Å². The number of rotatable bonds is 6. The van der Waals surface area contributed by atoms with Crippen LogP contribution in [0.4, 0.5) is 11.4 Å². The van der Waals surface area contributed by atoms with Crippen LogP contribution in [0.2, 0.25) is 0 Å². The van der Waals surface area contributed by atoms with E-state index in [0.29, 0.717) is 22.7 Å². The number of hydrogen-bond donors (Lipinski definition) is 2. The summed E-state index contributed by atoms with van der Waals surface area (Å²) in [5.74, 6) is 0. The van der Waals surface area contributed by atoms with E-state index in [0.717, 1.165) is 6.54 Å². The number of aromatic nitrogens is 1. The lowest BCUT2D eigenvalue weighted by atomic mass is 10.1. The number of hydrogen-bond acceptors (Lipinski definition) is 5. The van der Waals surface area contributed by atoms with Gasteiger partial charge in [0.1, 0.15) is 11.9 Å². The van der Waals surface area contributed by atoms with E-state index >= 15 is 0 Å². The maximum Gasteiger partial charge on any atom is 0.311 e. The highest BCUT2D eigenvalue weighted by Crippen LogP contribution is 2.30. The average Bonchev–Trinajstić information content (AvgIpc) is 2.73. The molecule has 1 aliphatic carbocycles. The molecule has 21 heavy (non-hydrogen) atoms. The van der Waals surface area contributed by atoms with Crippen molar-refractivity contribution in [3.8, 4) is 0 Å². The minimum atomic E-state index is -0.418. The van der Waals surface area contributed by atoms with Crippen molar-refractivity contribution in [1.82, 2.24) is 10.3 Å². The predicted molar refractivity (Wildman–Crippen MR) is 86.6 cm³/mol. The molecule has 0 radical (unpaired) electrons. The first-order valence-electron chi connectivity index (χ1n) is 7.43. The molecule has 1 saturated carbocycles. The highest BCUT2D eigenvalue weighted by Gasteiger charge is 2.17. The van der Waals surface area contributed by atoms with Crippen molar-refractivity contribution in [1.29, 1.82) is 0 Å². The third-order valence-electron chi connectivity index (χ3n) is 3.79. The van der Waals surface area contributed by atoms with E-state index in [-0.39, 0.29) is 5.69 Å². The molecule has 0 atom stereocenters. The summed E-state index contributed by atoms with van der Waals surface area (Å²) in [5, 5.41) is 17.6. The van der Waals surface area contributed by atoms with E-state index in [9.17, 15) is 10.1 Å². The standard InChI is InChI=1S/C14H21BrN4O2/c15-12-9-16-10-13(19(20)21)14(12)18-8-7-17-11-5-3-1-2-4-6-11/h9-11,17H,1-8H2,(H,16,18). The summed E-state index contributed by atoms with van der Waals surface area (Å²) in [5.41, 5.74) is 0.497. The van der Waals surface area contributed by atoms with Crippen LogP contribution in [-0.2, 0) is 0 Å². The highest BCUT2D eigenvalue weighted by atomic mass is 79.9. The minimum absolute atomic E-state index is 0.00107. The molecule has 6 nitrogen and oxygen atoms in total.